The van der Waals surface area contributed by atoms with Crippen molar-refractivity contribution in [2.24, 2.45) is 0 Å². The summed E-state index contributed by atoms with van der Waals surface area (Å²) in [5.41, 5.74) is 0. The van der Waals surface area contributed by atoms with E-state index in [2.05, 4.69) is 13.0 Å². The van der Waals surface area contributed by atoms with E-state index < -0.39 is 0 Å². The maximum atomic E-state index is 5.31. The van der Waals surface area contributed by atoms with Crippen molar-refractivity contribution < 1.29 is 9.47 Å². The first kappa shape index (κ1) is 11.1. The van der Waals surface area contributed by atoms with Crippen LogP contribution in [0.2, 0.25) is 0 Å². The molecule has 1 rings (SSSR count). The van der Waals surface area contributed by atoms with E-state index in [1.54, 1.807) is 0 Å². The highest BCUT2D eigenvalue weighted by atomic mass is 16.7. The molecule has 2 heteroatoms. The van der Waals surface area contributed by atoms with Crippen LogP contribution in [0.1, 0.15) is 26.2 Å². The monoisotopic (exact) mass is 193 g/mol. The van der Waals surface area contributed by atoms with Gasteiger partial charge in [-0.2, -0.15) is 0 Å². The van der Waals surface area contributed by atoms with Gasteiger partial charge >= 0.3 is 0 Å². The van der Waals surface area contributed by atoms with Gasteiger partial charge in [-0.05, 0) is 12.5 Å². The Morgan fingerprint density at radius 2 is 2.21 bits per heavy atom. The number of hydrogen-bond donors (Lipinski definition) is 0. The van der Waals surface area contributed by atoms with Crippen molar-refractivity contribution in [2.75, 3.05) is 13.4 Å². The lowest BCUT2D eigenvalue weighted by Crippen LogP contribution is -2.03. The summed E-state index contributed by atoms with van der Waals surface area (Å²) in [5, 5.41) is 0. The Morgan fingerprint density at radius 3 is 2.93 bits per heavy atom. The Hall–Kier alpha value is -1.02. The van der Waals surface area contributed by atoms with Crippen LogP contribution in [0.5, 0.6) is 5.75 Å². The molecule has 0 aliphatic rings. The zero-order valence-electron chi connectivity index (χ0n) is 8.66. The van der Waals surface area contributed by atoms with Crippen LogP contribution in [0.3, 0.4) is 0 Å². The summed E-state index contributed by atoms with van der Waals surface area (Å²) in [6.45, 7) is 3.28. The molecular formula is C12H17O2. The van der Waals surface area contributed by atoms with Crippen LogP contribution < -0.4 is 4.74 Å². The van der Waals surface area contributed by atoms with Gasteiger partial charge in [-0.25, -0.2) is 0 Å². The molecule has 2 nitrogen and oxygen atoms in total. The van der Waals surface area contributed by atoms with Crippen molar-refractivity contribution in [1.29, 1.82) is 0 Å². The third-order valence-electron chi connectivity index (χ3n) is 1.87. The zero-order chi connectivity index (χ0) is 10.1. The van der Waals surface area contributed by atoms with E-state index in [1.807, 2.05) is 24.3 Å². The van der Waals surface area contributed by atoms with Crippen LogP contribution in [-0.4, -0.2) is 13.4 Å². The maximum absolute atomic E-state index is 5.31. The van der Waals surface area contributed by atoms with Crippen molar-refractivity contribution in [3.8, 4) is 5.75 Å². The Morgan fingerprint density at radius 1 is 1.29 bits per heavy atom. The fourth-order valence-electron chi connectivity index (χ4n) is 1.08. The summed E-state index contributed by atoms with van der Waals surface area (Å²) in [5.74, 6) is 0.739. The van der Waals surface area contributed by atoms with Gasteiger partial charge in [0, 0.05) is 6.07 Å². The summed E-state index contributed by atoms with van der Waals surface area (Å²) < 4.78 is 10.6. The van der Waals surface area contributed by atoms with Crippen LogP contribution in [-0.2, 0) is 4.74 Å². The summed E-state index contributed by atoms with van der Waals surface area (Å²) in [7, 11) is 0. The zero-order valence-corrected chi connectivity index (χ0v) is 8.66. The van der Waals surface area contributed by atoms with Crippen LogP contribution in [0, 0.1) is 6.07 Å². The van der Waals surface area contributed by atoms with E-state index in [0.29, 0.717) is 6.79 Å². The van der Waals surface area contributed by atoms with Gasteiger partial charge in [-0.3, -0.25) is 0 Å². The lowest BCUT2D eigenvalue weighted by molar-refractivity contribution is 0.0135. The lowest BCUT2D eigenvalue weighted by atomic mass is 10.3. The topological polar surface area (TPSA) is 18.5 Å². The minimum absolute atomic E-state index is 0.324. The first-order chi connectivity index (χ1) is 6.93. The molecule has 14 heavy (non-hydrogen) atoms. The second kappa shape index (κ2) is 7.39. The molecule has 0 N–H and O–H groups in total. The predicted octanol–water partition coefficient (Wildman–Crippen LogP) is 3.03. The number of benzene rings is 1. The van der Waals surface area contributed by atoms with Crippen LogP contribution in [0.4, 0.5) is 0 Å². The quantitative estimate of drug-likeness (QED) is 0.489. The molecule has 1 radical (unpaired) electrons. The summed E-state index contributed by atoms with van der Waals surface area (Å²) in [6.07, 6.45) is 3.55. The molecule has 1 aromatic carbocycles. The molecule has 0 amide bonds. The Kier molecular flexibility index (Phi) is 5.84. The van der Waals surface area contributed by atoms with E-state index in [4.69, 9.17) is 9.47 Å². The van der Waals surface area contributed by atoms with E-state index in [1.165, 1.54) is 12.8 Å². The lowest BCUT2D eigenvalue weighted by Gasteiger charge is -2.05. The molecule has 0 bridgehead atoms. The number of para-hydroxylation sites is 1. The van der Waals surface area contributed by atoms with Gasteiger partial charge < -0.3 is 9.47 Å². The van der Waals surface area contributed by atoms with Crippen molar-refractivity contribution in [3.05, 3.63) is 30.3 Å². The first-order valence-electron chi connectivity index (χ1n) is 5.10. The van der Waals surface area contributed by atoms with Gasteiger partial charge in [-0.15, -0.1) is 0 Å². The van der Waals surface area contributed by atoms with Gasteiger partial charge in [0.05, 0.1) is 6.61 Å². The molecule has 0 atom stereocenters. The Labute approximate surface area is 85.8 Å². The van der Waals surface area contributed by atoms with Crippen LogP contribution >= 0.6 is 0 Å². The molecule has 0 unspecified atom stereocenters. The van der Waals surface area contributed by atoms with Crippen LogP contribution in [0.25, 0.3) is 0 Å². The Bertz CT molecular complexity index is 221. The molecule has 0 saturated heterocycles. The second-order valence-electron chi connectivity index (χ2n) is 3.10. The SMILES string of the molecule is CCCCCOCOc1[c]cccc1. The summed E-state index contributed by atoms with van der Waals surface area (Å²) >= 11 is 0. The van der Waals surface area contributed by atoms with Crippen molar-refractivity contribution in [1.82, 2.24) is 0 Å². The molecule has 0 heterocycles. The molecule has 0 aromatic heterocycles. The van der Waals surface area contributed by atoms with E-state index in [-0.39, 0.29) is 0 Å². The molecule has 0 fully saturated rings. The molecule has 0 saturated carbocycles. The largest absolute Gasteiger partial charge is 0.467 e. The predicted molar refractivity (Wildman–Crippen MR) is 56.3 cm³/mol. The molecule has 77 valence electrons. The fraction of sp³-hybridized carbons (Fsp3) is 0.500. The van der Waals surface area contributed by atoms with Crippen molar-refractivity contribution in [3.63, 3.8) is 0 Å². The highest BCUT2D eigenvalue weighted by Gasteiger charge is 1.91. The molecule has 0 aliphatic heterocycles. The van der Waals surface area contributed by atoms with E-state index in [0.717, 1.165) is 18.8 Å². The van der Waals surface area contributed by atoms with Crippen LogP contribution in [0.15, 0.2) is 24.3 Å². The number of unbranched alkanes of at least 4 members (excludes halogenated alkanes) is 2. The van der Waals surface area contributed by atoms with Gasteiger partial charge in [0.2, 0.25) is 0 Å². The number of hydrogen-bond acceptors (Lipinski definition) is 2. The van der Waals surface area contributed by atoms with Gasteiger partial charge in [0.1, 0.15) is 5.75 Å². The Balaban J connectivity index is 1.99. The van der Waals surface area contributed by atoms with Gasteiger partial charge in [0.15, 0.2) is 6.79 Å². The maximum Gasteiger partial charge on any atom is 0.189 e. The van der Waals surface area contributed by atoms with Crippen molar-refractivity contribution >= 4 is 0 Å². The number of rotatable bonds is 7. The van der Waals surface area contributed by atoms with Gasteiger partial charge in [-0.1, -0.05) is 38.0 Å². The normalized spacial score (nSPS) is 10.1. The second-order valence-corrected chi connectivity index (χ2v) is 3.10. The molecular weight excluding hydrogens is 176 g/mol. The molecule has 1 aromatic rings. The highest BCUT2D eigenvalue weighted by Crippen LogP contribution is 2.06. The average Bonchev–Trinajstić information content (AvgIpc) is 2.25. The minimum atomic E-state index is 0.324. The third kappa shape index (κ3) is 4.87. The average molecular weight is 193 g/mol. The highest BCUT2D eigenvalue weighted by molar-refractivity contribution is 5.18. The fourth-order valence-corrected chi connectivity index (χ4v) is 1.08. The smallest absolute Gasteiger partial charge is 0.189 e. The van der Waals surface area contributed by atoms with Gasteiger partial charge in [0.25, 0.3) is 0 Å². The summed E-state index contributed by atoms with van der Waals surface area (Å²) in [4.78, 5) is 0. The van der Waals surface area contributed by atoms with E-state index >= 15 is 0 Å². The standard InChI is InChI=1S/C12H17O2/c1-2-3-7-10-13-11-14-12-8-5-4-6-9-12/h4-6,8H,2-3,7,10-11H2,1H3. The number of ether oxygens (including phenoxy) is 2. The first-order valence-corrected chi connectivity index (χ1v) is 5.10. The minimum Gasteiger partial charge on any atom is -0.467 e. The molecule has 0 aliphatic carbocycles. The summed E-state index contributed by atoms with van der Waals surface area (Å²) in [6, 6.07) is 10.5. The molecule has 0 spiro atoms. The van der Waals surface area contributed by atoms with Crippen molar-refractivity contribution in [2.45, 2.75) is 26.2 Å². The third-order valence-corrected chi connectivity index (χ3v) is 1.87. The van der Waals surface area contributed by atoms with E-state index in [9.17, 15) is 0 Å².